The minimum Gasteiger partial charge on any atom is -0.377 e. The van der Waals surface area contributed by atoms with E-state index in [-0.39, 0.29) is 22.4 Å². The standard InChI is InChI=1S/C16H16BrFN2O4S/c1-10(8-11-6-7-13(18)12(17)9-11)19-14-4-3-5-15(25(2,23)24)16(14)20(21)22/h3-7,9-10,19H,8H2,1-2H3. The Balaban J connectivity index is 2.30. The Hall–Kier alpha value is -2.00. The average molecular weight is 431 g/mol. The van der Waals surface area contributed by atoms with Crippen LogP contribution < -0.4 is 5.32 Å². The SMILES string of the molecule is CC(Cc1ccc(F)c(Br)c1)Nc1cccc(S(C)(=O)=O)c1[N+](=O)[O-]. The Morgan fingerprint density at radius 3 is 2.56 bits per heavy atom. The molecule has 0 saturated heterocycles. The number of sulfone groups is 1. The van der Waals surface area contributed by atoms with Gasteiger partial charge in [0.2, 0.25) is 0 Å². The predicted octanol–water partition coefficient (Wildman–Crippen LogP) is 3.94. The van der Waals surface area contributed by atoms with Crippen LogP contribution in [0.3, 0.4) is 0 Å². The molecule has 0 saturated carbocycles. The summed E-state index contributed by atoms with van der Waals surface area (Å²) < 4.78 is 37.2. The zero-order chi connectivity index (χ0) is 18.8. The van der Waals surface area contributed by atoms with Gasteiger partial charge in [0.25, 0.3) is 0 Å². The summed E-state index contributed by atoms with van der Waals surface area (Å²) in [6, 6.07) is 8.47. The molecule has 1 atom stereocenters. The first-order valence-electron chi connectivity index (χ1n) is 7.27. The molecule has 0 aliphatic heterocycles. The molecule has 2 rings (SSSR count). The van der Waals surface area contributed by atoms with Crippen molar-refractivity contribution in [2.24, 2.45) is 0 Å². The lowest BCUT2D eigenvalue weighted by atomic mass is 10.1. The van der Waals surface area contributed by atoms with Crippen LogP contribution in [0.4, 0.5) is 15.8 Å². The van der Waals surface area contributed by atoms with Crippen molar-refractivity contribution in [3.05, 3.63) is 62.4 Å². The lowest BCUT2D eigenvalue weighted by Gasteiger charge is -2.16. The molecule has 0 spiro atoms. The van der Waals surface area contributed by atoms with E-state index in [4.69, 9.17) is 0 Å². The molecule has 0 aliphatic carbocycles. The number of hydrogen-bond acceptors (Lipinski definition) is 5. The fourth-order valence-electron chi connectivity index (χ4n) is 2.46. The molecule has 1 unspecified atom stereocenters. The largest absolute Gasteiger partial charge is 0.377 e. The molecule has 0 bridgehead atoms. The van der Waals surface area contributed by atoms with Crippen molar-refractivity contribution in [2.45, 2.75) is 24.3 Å². The van der Waals surface area contributed by atoms with Crippen LogP contribution in [0.1, 0.15) is 12.5 Å². The Labute approximate surface area is 153 Å². The van der Waals surface area contributed by atoms with Crippen LogP contribution in [0, 0.1) is 15.9 Å². The normalized spacial score (nSPS) is 12.6. The van der Waals surface area contributed by atoms with Gasteiger partial charge in [0, 0.05) is 12.3 Å². The number of nitro benzene ring substituents is 1. The monoisotopic (exact) mass is 430 g/mol. The molecule has 0 radical (unpaired) electrons. The number of halogens is 2. The Kier molecular flexibility index (Phi) is 5.79. The third kappa shape index (κ3) is 4.76. The number of rotatable bonds is 6. The van der Waals surface area contributed by atoms with E-state index in [1.807, 2.05) is 0 Å². The van der Waals surface area contributed by atoms with E-state index in [0.717, 1.165) is 11.8 Å². The highest BCUT2D eigenvalue weighted by Crippen LogP contribution is 2.32. The number of nitrogens with zero attached hydrogens (tertiary/aromatic N) is 1. The van der Waals surface area contributed by atoms with Gasteiger partial charge in [0.1, 0.15) is 16.4 Å². The van der Waals surface area contributed by atoms with Gasteiger partial charge in [-0.2, -0.15) is 0 Å². The number of nitrogens with one attached hydrogen (secondary N) is 1. The molecule has 0 fully saturated rings. The highest BCUT2D eigenvalue weighted by molar-refractivity contribution is 9.10. The lowest BCUT2D eigenvalue weighted by molar-refractivity contribution is -0.386. The quantitative estimate of drug-likeness (QED) is 0.553. The molecule has 9 heteroatoms. The summed E-state index contributed by atoms with van der Waals surface area (Å²) >= 11 is 3.11. The van der Waals surface area contributed by atoms with E-state index in [2.05, 4.69) is 21.2 Å². The van der Waals surface area contributed by atoms with Crippen LogP contribution in [0.15, 0.2) is 45.8 Å². The van der Waals surface area contributed by atoms with Gasteiger partial charge < -0.3 is 5.32 Å². The van der Waals surface area contributed by atoms with Crippen molar-refractivity contribution in [3.8, 4) is 0 Å². The fraction of sp³-hybridized carbons (Fsp3) is 0.250. The minimum atomic E-state index is -3.74. The molecule has 1 N–H and O–H groups in total. The first-order chi connectivity index (χ1) is 11.6. The maximum Gasteiger partial charge on any atom is 0.310 e. The Morgan fingerprint density at radius 1 is 1.32 bits per heavy atom. The number of anilines is 1. The lowest BCUT2D eigenvalue weighted by Crippen LogP contribution is -2.19. The average Bonchev–Trinajstić information content (AvgIpc) is 2.49. The zero-order valence-corrected chi connectivity index (χ0v) is 15.9. The Morgan fingerprint density at radius 2 is 2.00 bits per heavy atom. The smallest absolute Gasteiger partial charge is 0.310 e. The second kappa shape index (κ2) is 7.49. The first kappa shape index (κ1) is 19.3. The van der Waals surface area contributed by atoms with Crippen molar-refractivity contribution in [1.29, 1.82) is 0 Å². The maximum atomic E-state index is 13.3. The third-order valence-electron chi connectivity index (χ3n) is 3.51. The second-order valence-electron chi connectivity index (χ2n) is 5.68. The highest BCUT2D eigenvalue weighted by atomic mass is 79.9. The molecule has 25 heavy (non-hydrogen) atoms. The van der Waals surface area contributed by atoms with Crippen molar-refractivity contribution in [1.82, 2.24) is 0 Å². The van der Waals surface area contributed by atoms with Gasteiger partial charge in [-0.05, 0) is 59.1 Å². The molecule has 6 nitrogen and oxygen atoms in total. The van der Waals surface area contributed by atoms with E-state index < -0.39 is 20.4 Å². The van der Waals surface area contributed by atoms with Crippen LogP contribution in [-0.2, 0) is 16.3 Å². The van der Waals surface area contributed by atoms with Gasteiger partial charge in [-0.25, -0.2) is 12.8 Å². The van der Waals surface area contributed by atoms with Gasteiger partial charge in [-0.3, -0.25) is 10.1 Å². The van der Waals surface area contributed by atoms with E-state index in [0.29, 0.717) is 10.9 Å². The van der Waals surface area contributed by atoms with Gasteiger partial charge >= 0.3 is 5.69 Å². The van der Waals surface area contributed by atoms with E-state index >= 15 is 0 Å². The van der Waals surface area contributed by atoms with Gasteiger partial charge in [-0.1, -0.05) is 12.1 Å². The number of nitro groups is 1. The van der Waals surface area contributed by atoms with Crippen LogP contribution in [-0.4, -0.2) is 25.6 Å². The molecule has 134 valence electrons. The summed E-state index contributed by atoms with van der Waals surface area (Å²) in [7, 11) is -3.74. The van der Waals surface area contributed by atoms with Crippen molar-refractivity contribution < 1.29 is 17.7 Å². The number of benzene rings is 2. The number of para-hydroxylation sites is 1. The van der Waals surface area contributed by atoms with Crippen molar-refractivity contribution in [2.75, 3.05) is 11.6 Å². The summed E-state index contributed by atoms with van der Waals surface area (Å²) in [4.78, 5) is 10.3. The summed E-state index contributed by atoms with van der Waals surface area (Å²) in [5.41, 5.74) is 0.480. The molecular weight excluding hydrogens is 415 g/mol. The van der Waals surface area contributed by atoms with Crippen LogP contribution in [0.5, 0.6) is 0 Å². The van der Waals surface area contributed by atoms with E-state index in [1.165, 1.54) is 24.3 Å². The Bertz CT molecular complexity index is 918. The summed E-state index contributed by atoms with van der Waals surface area (Å²) in [5, 5.41) is 14.3. The molecule has 0 aromatic heterocycles. The summed E-state index contributed by atoms with van der Waals surface area (Å²) in [5.74, 6) is -0.374. The van der Waals surface area contributed by atoms with E-state index in [9.17, 15) is 22.9 Å². The molecule has 0 amide bonds. The molecule has 2 aromatic rings. The van der Waals surface area contributed by atoms with Gasteiger partial charge in [0.05, 0.1) is 9.40 Å². The second-order valence-corrected chi connectivity index (χ2v) is 8.52. The van der Waals surface area contributed by atoms with Crippen molar-refractivity contribution in [3.63, 3.8) is 0 Å². The fourth-order valence-corrected chi connectivity index (χ4v) is 3.75. The first-order valence-corrected chi connectivity index (χ1v) is 9.96. The summed E-state index contributed by atoms with van der Waals surface area (Å²) in [6.45, 7) is 1.80. The van der Waals surface area contributed by atoms with Gasteiger partial charge in [0.15, 0.2) is 9.84 Å². The van der Waals surface area contributed by atoms with Crippen LogP contribution in [0.25, 0.3) is 0 Å². The minimum absolute atomic E-state index is 0.126. The molecular formula is C16H16BrFN2O4S. The summed E-state index contributed by atoms with van der Waals surface area (Å²) in [6.07, 6.45) is 1.40. The third-order valence-corrected chi connectivity index (χ3v) is 5.24. The van der Waals surface area contributed by atoms with Gasteiger partial charge in [-0.15, -0.1) is 0 Å². The molecule has 2 aromatic carbocycles. The zero-order valence-electron chi connectivity index (χ0n) is 13.5. The topological polar surface area (TPSA) is 89.3 Å². The highest BCUT2D eigenvalue weighted by Gasteiger charge is 2.26. The number of hydrogen-bond donors (Lipinski definition) is 1. The molecule has 0 heterocycles. The van der Waals surface area contributed by atoms with Crippen LogP contribution >= 0.6 is 15.9 Å². The predicted molar refractivity (Wildman–Crippen MR) is 97.1 cm³/mol. The van der Waals surface area contributed by atoms with Crippen molar-refractivity contribution >= 4 is 37.1 Å². The molecule has 0 aliphatic rings. The maximum absolute atomic E-state index is 13.3. The van der Waals surface area contributed by atoms with E-state index in [1.54, 1.807) is 19.1 Å². The van der Waals surface area contributed by atoms with Crippen LogP contribution in [0.2, 0.25) is 0 Å².